The van der Waals surface area contributed by atoms with Crippen LogP contribution in [0.25, 0.3) is 0 Å². The van der Waals surface area contributed by atoms with Gasteiger partial charge >= 0.3 is 0 Å². The number of ether oxygens (including phenoxy) is 2. The molecule has 0 aliphatic carbocycles. The second-order valence-corrected chi connectivity index (χ2v) is 5.80. The van der Waals surface area contributed by atoms with E-state index in [4.69, 9.17) is 9.47 Å². The van der Waals surface area contributed by atoms with Crippen molar-refractivity contribution in [3.05, 3.63) is 47.9 Å². The summed E-state index contributed by atoms with van der Waals surface area (Å²) in [6, 6.07) is 8.88. The summed E-state index contributed by atoms with van der Waals surface area (Å²) in [5, 5.41) is 3.85. The first-order valence-electron chi connectivity index (χ1n) is 6.79. The molecule has 0 spiro atoms. The molecule has 1 saturated heterocycles. The Morgan fingerprint density at radius 3 is 2.24 bits per heavy atom. The molecular formula is C16H20N2O3. The van der Waals surface area contributed by atoms with Crippen molar-refractivity contribution in [2.75, 3.05) is 0 Å². The van der Waals surface area contributed by atoms with Gasteiger partial charge < -0.3 is 9.47 Å². The monoisotopic (exact) mass is 288 g/mol. The van der Waals surface area contributed by atoms with Crippen molar-refractivity contribution < 1.29 is 14.3 Å². The van der Waals surface area contributed by atoms with Gasteiger partial charge in [0, 0.05) is 11.6 Å². The number of rotatable bonds is 3. The maximum Gasteiger partial charge on any atom is 0.282 e. The zero-order valence-corrected chi connectivity index (χ0v) is 12.7. The van der Waals surface area contributed by atoms with Crippen LogP contribution in [0.2, 0.25) is 0 Å². The van der Waals surface area contributed by atoms with E-state index in [-0.39, 0.29) is 5.91 Å². The molecular weight excluding hydrogens is 268 g/mol. The fraction of sp³-hybridized carbons (Fsp3) is 0.375. The van der Waals surface area contributed by atoms with Gasteiger partial charge in [0.15, 0.2) is 0 Å². The Hall–Kier alpha value is -2.30. The Morgan fingerprint density at radius 1 is 1.10 bits per heavy atom. The first-order valence-corrected chi connectivity index (χ1v) is 6.79. The lowest BCUT2D eigenvalue weighted by molar-refractivity contribution is 0.00578. The largest absolute Gasteiger partial charge is 0.455 e. The summed E-state index contributed by atoms with van der Waals surface area (Å²) in [5.74, 6) is 0.127. The molecule has 0 atom stereocenters. The Balaban J connectivity index is 1.92. The SMILES string of the molecule is CC1(C)OC(=C/C=N\NC(=O)c2ccccc2)OC1(C)C. The summed E-state index contributed by atoms with van der Waals surface area (Å²) >= 11 is 0. The summed E-state index contributed by atoms with van der Waals surface area (Å²) < 4.78 is 11.4. The molecule has 2 rings (SSSR count). The minimum atomic E-state index is -0.417. The summed E-state index contributed by atoms with van der Waals surface area (Å²) in [4.78, 5) is 11.7. The molecule has 0 aromatic heterocycles. The van der Waals surface area contributed by atoms with E-state index in [0.717, 1.165) is 0 Å². The van der Waals surface area contributed by atoms with Crippen LogP contribution in [0.15, 0.2) is 47.5 Å². The van der Waals surface area contributed by atoms with Crippen LogP contribution in [0, 0.1) is 0 Å². The highest BCUT2D eigenvalue weighted by molar-refractivity contribution is 5.94. The molecule has 0 unspecified atom stereocenters. The number of hydrogen-bond acceptors (Lipinski definition) is 4. The lowest BCUT2D eigenvalue weighted by Crippen LogP contribution is -2.41. The molecule has 112 valence electrons. The molecule has 0 radical (unpaired) electrons. The number of allylic oxidation sites excluding steroid dienone is 1. The van der Waals surface area contributed by atoms with Gasteiger partial charge in [0.05, 0.1) is 6.21 Å². The highest BCUT2D eigenvalue weighted by Gasteiger charge is 2.48. The van der Waals surface area contributed by atoms with E-state index in [1.807, 2.05) is 33.8 Å². The van der Waals surface area contributed by atoms with Gasteiger partial charge in [-0.1, -0.05) is 18.2 Å². The van der Waals surface area contributed by atoms with E-state index in [9.17, 15) is 4.79 Å². The van der Waals surface area contributed by atoms with Crippen molar-refractivity contribution in [1.82, 2.24) is 5.43 Å². The van der Waals surface area contributed by atoms with E-state index in [1.165, 1.54) is 6.21 Å². The lowest BCUT2D eigenvalue weighted by Gasteiger charge is -2.28. The molecule has 5 heteroatoms. The number of nitrogens with zero attached hydrogens (tertiary/aromatic N) is 1. The molecule has 5 nitrogen and oxygen atoms in total. The van der Waals surface area contributed by atoms with Crippen LogP contribution in [0.4, 0.5) is 0 Å². The van der Waals surface area contributed by atoms with Crippen molar-refractivity contribution >= 4 is 12.1 Å². The van der Waals surface area contributed by atoms with Crippen molar-refractivity contribution in [3.63, 3.8) is 0 Å². The maximum absolute atomic E-state index is 11.7. The number of hydrogen-bond donors (Lipinski definition) is 1. The van der Waals surface area contributed by atoms with Crippen LogP contribution in [-0.4, -0.2) is 23.3 Å². The van der Waals surface area contributed by atoms with E-state index in [0.29, 0.717) is 11.5 Å². The number of carbonyl (C=O) groups excluding carboxylic acids is 1. The predicted molar refractivity (Wildman–Crippen MR) is 80.8 cm³/mol. The Bertz CT molecular complexity index is 556. The second-order valence-electron chi connectivity index (χ2n) is 5.80. The zero-order valence-electron chi connectivity index (χ0n) is 12.7. The molecule has 1 aromatic rings. The molecule has 1 aliphatic rings. The Labute approximate surface area is 124 Å². The summed E-state index contributed by atoms with van der Waals surface area (Å²) in [5.41, 5.74) is 2.16. The minimum Gasteiger partial charge on any atom is -0.455 e. The van der Waals surface area contributed by atoms with E-state index >= 15 is 0 Å². The highest BCUT2D eigenvalue weighted by Crippen LogP contribution is 2.39. The summed E-state index contributed by atoms with van der Waals surface area (Å²) in [6.45, 7) is 7.84. The van der Waals surface area contributed by atoms with Crippen LogP contribution in [0.3, 0.4) is 0 Å². The van der Waals surface area contributed by atoms with Gasteiger partial charge in [0.25, 0.3) is 11.9 Å². The quantitative estimate of drug-likeness (QED) is 0.687. The van der Waals surface area contributed by atoms with Crippen molar-refractivity contribution in [3.8, 4) is 0 Å². The number of carbonyl (C=O) groups is 1. The Kier molecular flexibility index (Phi) is 4.02. The lowest BCUT2D eigenvalue weighted by atomic mass is 9.90. The molecule has 1 N–H and O–H groups in total. The standard InChI is InChI=1S/C16H20N2O3/c1-15(2)16(3,4)21-13(20-15)10-11-17-18-14(19)12-8-6-5-7-9-12/h5-11H,1-4H3,(H,18,19)/b17-11-. The van der Waals surface area contributed by atoms with Crippen LogP contribution >= 0.6 is 0 Å². The van der Waals surface area contributed by atoms with E-state index in [1.54, 1.807) is 30.3 Å². The van der Waals surface area contributed by atoms with E-state index < -0.39 is 11.2 Å². The molecule has 1 aliphatic heterocycles. The minimum absolute atomic E-state index is 0.265. The highest BCUT2D eigenvalue weighted by atomic mass is 16.7. The van der Waals surface area contributed by atoms with Crippen molar-refractivity contribution in [1.29, 1.82) is 0 Å². The average molecular weight is 288 g/mol. The number of amides is 1. The molecule has 1 amide bonds. The van der Waals surface area contributed by atoms with E-state index in [2.05, 4.69) is 10.5 Å². The van der Waals surface area contributed by atoms with Crippen molar-refractivity contribution in [2.45, 2.75) is 38.9 Å². The van der Waals surface area contributed by atoms with Crippen LogP contribution in [0.1, 0.15) is 38.1 Å². The smallest absolute Gasteiger partial charge is 0.282 e. The molecule has 21 heavy (non-hydrogen) atoms. The van der Waals surface area contributed by atoms with Gasteiger partial charge in [0.1, 0.15) is 11.2 Å². The first-order chi connectivity index (χ1) is 9.82. The molecule has 1 aromatic carbocycles. The van der Waals surface area contributed by atoms with Crippen molar-refractivity contribution in [2.24, 2.45) is 5.10 Å². The zero-order chi connectivity index (χ0) is 15.5. The third-order valence-electron chi connectivity index (χ3n) is 3.65. The summed E-state index contributed by atoms with van der Waals surface area (Å²) in [6.07, 6.45) is 3.02. The van der Waals surface area contributed by atoms with Gasteiger partial charge in [0.2, 0.25) is 0 Å². The number of nitrogens with one attached hydrogen (secondary N) is 1. The molecule has 0 saturated carbocycles. The maximum atomic E-state index is 11.7. The molecule has 1 fully saturated rings. The average Bonchev–Trinajstić information content (AvgIpc) is 2.63. The Morgan fingerprint density at radius 2 is 1.67 bits per heavy atom. The van der Waals surface area contributed by atoms with Crippen LogP contribution in [-0.2, 0) is 9.47 Å². The molecule has 0 bridgehead atoms. The normalized spacial score (nSPS) is 19.0. The molecule has 1 heterocycles. The number of benzene rings is 1. The third-order valence-corrected chi connectivity index (χ3v) is 3.65. The van der Waals surface area contributed by atoms with Gasteiger partial charge in [-0.25, -0.2) is 5.43 Å². The summed E-state index contributed by atoms with van der Waals surface area (Å²) in [7, 11) is 0. The van der Waals surface area contributed by atoms with Gasteiger partial charge in [-0.05, 0) is 39.8 Å². The topological polar surface area (TPSA) is 59.9 Å². The predicted octanol–water partition coefficient (Wildman–Crippen LogP) is 2.85. The van der Waals surface area contributed by atoms with Crippen LogP contribution in [0.5, 0.6) is 0 Å². The van der Waals surface area contributed by atoms with Gasteiger partial charge in [-0.3, -0.25) is 4.79 Å². The second kappa shape index (κ2) is 5.60. The van der Waals surface area contributed by atoms with Crippen LogP contribution < -0.4 is 5.43 Å². The van der Waals surface area contributed by atoms with Gasteiger partial charge in [-0.15, -0.1) is 0 Å². The first kappa shape index (κ1) is 15.1. The fourth-order valence-electron chi connectivity index (χ4n) is 1.69. The fourth-order valence-corrected chi connectivity index (χ4v) is 1.69. The third kappa shape index (κ3) is 3.42. The number of hydrazone groups is 1. The van der Waals surface area contributed by atoms with Gasteiger partial charge in [-0.2, -0.15) is 5.10 Å².